The molecule has 104 valence electrons. The molecule has 1 saturated heterocycles. The van der Waals surface area contributed by atoms with E-state index in [-0.39, 0.29) is 0 Å². The molecule has 3 heterocycles. The summed E-state index contributed by atoms with van der Waals surface area (Å²) >= 11 is 0. The van der Waals surface area contributed by atoms with Crippen LogP contribution in [-0.2, 0) is 0 Å². The minimum atomic E-state index is 0.381. The average Bonchev–Trinajstić information content (AvgIpc) is 2.98. The summed E-state index contributed by atoms with van der Waals surface area (Å²) in [6, 6.07) is 6.64. The molecule has 2 aromatic heterocycles. The quantitative estimate of drug-likeness (QED) is 0.855. The highest BCUT2D eigenvalue weighted by atomic mass is 15.2. The first-order valence-corrected chi connectivity index (χ1v) is 6.91. The molecule has 2 aromatic rings. The van der Waals surface area contributed by atoms with Gasteiger partial charge in [-0.15, -0.1) is 0 Å². The molecule has 20 heavy (non-hydrogen) atoms. The molecule has 1 aliphatic rings. The summed E-state index contributed by atoms with van der Waals surface area (Å²) in [6.45, 7) is 1.04. The Labute approximate surface area is 119 Å². The Kier molecular flexibility index (Phi) is 3.50. The van der Waals surface area contributed by atoms with Gasteiger partial charge in [0.2, 0.25) is 0 Å². The maximum atomic E-state index is 4.39. The van der Waals surface area contributed by atoms with Gasteiger partial charge in [-0.1, -0.05) is 0 Å². The van der Waals surface area contributed by atoms with E-state index in [1.165, 1.54) is 12.0 Å². The van der Waals surface area contributed by atoms with E-state index in [4.69, 9.17) is 0 Å². The third kappa shape index (κ3) is 2.43. The number of pyridine rings is 1. The molecule has 3 rings (SSSR count). The summed E-state index contributed by atoms with van der Waals surface area (Å²) in [4.78, 5) is 17.2. The van der Waals surface area contributed by atoms with Gasteiger partial charge in [0.15, 0.2) is 0 Å². The topological polar surface area (TPSA) is 45.2 Å². The third-order valence-corrected chi connectivity index (χ3v) is 3.73. The Bertz CT molecular complexity index is 569. The largest absolute Gasteiger partial charge is 0.363 e. The zero-order valence-corrected chi connectivity index (χ0v) is 11.9. The molecule has 0 unspecified atom stereocenters. The third-order valence-electron chi connectivity index (χ3n) is 3.73. The molecule has 5 nitrogen and oxygen atoms in total. The molecule has 5 heteroatoms. The van der Waals surface area contributed by atoms with E-state index in [0.717, 1.165) is 24.6 Å². The van der Waals surface area contributed by atoms with Gasteiger partial charge < -0.3 is 9.80 Å². The van der Waals surface area contributed by atoms with Crippen molar-refractivity contribution in [3.63, 3.8) is 0 Å². The van der Waals surface area contributed by atoms with Gasteiger partial charge in [-0.25, -0.2) is 15.0 Å². The van der Waals surface area contributed by atoms with Crippen molar-refractivity contribution in [1.29, 1.82) is 0 Å². The van der Waals surface area contributed by atoms with Crippen LogP contribution in [0.2, 0.25) is 0 Å². The van der Waals surface area contributed by atoms with Crippen LogP contribution in [0.5, 0.6) is 0 Å². The zero-order valence-electron chi connectivity index (χ0n) is 11.9. The van der Waals surface area contributed by atoms with Gasteiger partial charge in [0.1, 0.15) is 18.0 Å². The number of anilines is 2. The molecule has 1 fully saturated rings. The highest BCUT2D eigenvalue weighted by Gasteiger charge is 2.27. The van der Waals surface area contributed by atoms with Gasteiger partial charge in [-0.05, 0) is 36.6 Å². The Morgan fingerprint density at radius 2 is 2.10 bits per heavy atom. The molecule has 0 aliphatic carbocycles. The van der Waals surface area contributed by atoms with Crippen molar-refractivity contribution in [2.45, 2.75) is 18.9 Å². The average molecular weight is 269 g/mol. The van der Waals surface area contributed by atoms with Gasteiger partial charge in [0, 0.05) is 33.0 Å². The fourth-order valence-corrected chi connectivity index (χ4v) is 2.73. The number of nitrogens with zero attached hydrogens (tertiary/aromatic N) is 5. The second-order valence-corrected chi connectivity index (χ2v) is 5.26. The summed E-state index contributed by atoms with van der Waals surface area (Å²) in [5, 5.41) is 0. The fraction of sp³-hybridized carbons (Fsp3) is 0.400. The van der Waals surface area contributed by atoms with Crippen LogP contribution in [0.25, 0.3) is 0 Å². The molecule has 0 amide bonds. The first kappa shape index (κ1) is 12.8. The molecule has 0 radical (unpaired) electrons. The van der Waals surface area contributed by atoms with E-state index in [2.05, 4.69) is 32.0 Å². The molecule has 0 saturated carbocycles. The highest BCUT2D eigenvalue weighted by molar-refractivity contribution is 5.46. The maximum absolute atomic E-state index is 4.39. The van der Waals surface area contributed by atoms with Crippen molar-refractivity contribution < 1.29 is 0 Å². The molecule has 0 aromatic carbocycles. The lowest BCUT2D eigenvalue weighted by Crippen LogP contribution is -2.24. The summed E-state index contributed by atoms with van der Waals surface area (Å²) < 4.78 is 0. The summed E-state index contributed by atoms with van der Waals surface area (Å²) in [6.07, 6.45) is 7.65. The molecule has 0 N–H and O–H groups in total. The Balaban J connectivity index is 1.91. The van der Waals surface area contributed by atoms with E-state index < -0.39 is 0 Å². The predicted octanol–water partition coefficient (Wildman–Crippen LogP) is 2.28. The van der Waals surface area contributed by atoms with E-state index >= 15 is 0 Å². The summed E-state index contributed by atoms with van der Waals surface area (Å²) in [7, 11) is 4.03. The molecular formula is C15H19N5. The predicted molar refractivity (Wildman–Crippen MR) is 79.9 cm³/mol. The lowest BCUT2D eigenvalue weighted by atomic mass is 10.1. The molecule has 1 aliphatic heterocycles. The maximum Gasteiger partial charge on any atom is 0.132 e. The number of hydrogen-bond donors (Lipinski definition) is 0. The van der Waals surface area contributed by atoms with Crippen LogP contribution in [-0.4, -0.2) is 35.6 Å². The van der Waals surface area contributed by atoms with E-state index in [9.17, 15) is 0 Å². The van der Waals surface area contributed by atoms with Crippen LogP contribution in [0.1, 0.15) is 24.4 Å². The van der Waals surface area contributed by atoms with Crippen LogP contribution in [0, 0.1) is 0 Å². The first-order valence-electron chi connectivity index (χ1n) is 6.91. The zero-order chi connectivity index (χ0) is 13.9. The van der Waals surface area contributed by atoms with Crippen LogP contribution < -0.4 is 9.80 Å². The van der Waals surface area contributed by atoms with Crippen LogP contribution in [0.4, 0.5) is 11.6 Å². The lowest BCUT2D eigenvalue weighted by molar-refractivity contribution is 0.709. The van der Waals surface area contributed by atoms with Crippen molar-refractivity contribution >= 4 is 11.6 Å². The first-order chi connectivity index (χ1) is 9.75. The van der Waals surface area contributed by atoms with Crippen molar-refractivity contribution in [2.75, 3.05) is 30.4 Å². The molecule has 0 bridgehead atoms. The molecular weight excluding hydrogens is 250 g/mol. The standard InChI is InChI=1S/C15H19N5/c1-19(2)15-10-12(5-8-17-15)13-4-3-9-20(13)14-6-7-16-11-18-14/h5-8,10-11,13H,3-4,9H2,1-2H3/t13-/m1/s1. The minimum absolute atomic E-state index is 0.381. The van der Waals surface area contributed by atoms with Crippen LogP contribution in [0.3, 0.4) is 0 Å². The number of rotatable bonds is 3. The molecule has 1 atom stereocenters. The second kappa shape index (κ2) is 5.45. The molecule has 0 spiro atoms. The smallest absolute Gasteiger partial charge is 0.132 e. The van der Waals surface area contributed by atoms with E-state index in [1.807, 2.05) is 31.3 Å². The fourth-order valence-electron chi connectivity index (χ4n) is 2.73. The van der Waals surface area contributed by atoms with Crippen LogP contribution >= 0.6 is 0 Å². The highest BCUT2D eigenvalue weighted by Crippen LogP contribution is 2.35. The lowest BCUT2D eigenvalue weighted by Gasteiger charge is -2.26. The van der Waals surface area contributed by atoms with Crippen molar-refractivity contribution in [3.8, 4) is 0 Å². The van der Waals surface area contributed by atoms with Crippen LogP contribution in [0.15, 0.2) is 36.9 Å². The van der Waals surface area contributed by atoms with E-state index in [1.54, 1.807) is 12.5 Å². The number of aromatic nitrogens is 3. The van der Waals surface area contributed by atoms with Gasteiger partial charge in [0.05, 0.1) is 6.04 Å². The van der Waals surface area contributed by atoms with Crippen molar-refractivity contribution in [2.24, 2.45) is 0 Å². The summed E-state index contributed by atoms with van der Waals surface area (Å²) in [5.41, 5.74) is 1.31. The Morgan fingerprint density at radius 3 is 2.85 bits per heavy atom. The second-order valence-electron chi connectivity index (χ2n) is 5.26. The van der Waals surface area contributed by atoms with Gasteiger partial charge in [-0.3, -0.25) is 0 Å². The van der Waals surface area contributed by atoms with Gasteiger partial charge in [0.25, 0.3) is 0 Å². The Hall–Kier alpha value is -2.17. The van der Waals surface area contributed by atoms with E-state index in [0.29, 0.717) is 6.04 Å². The van der Waals surface area contributed by atoms with Gasteiger partial charge in [-0.2, -0.15) is 0 Å². The number of hydrogen-bond acceptors (Lipinski definition) is 5. The monoisotopic (exact) mass is 269 g/mol. The van der Waals surface area contributed by atoms with Crippen molar-refractivity contribution in [3.05, 3.63) is 42.5 Å². The summed E-state index contributed by atoms with van der Waals surface area (Å²) in [5.74, 6) is 2.00. The minimum Gasteiger partial charge on any atom is -0.363 e. The van der Waals surface area contributed by atoms with Gasteiger partial charge >= 0.3 is 0 Å². The SMILES string of the molecule is CN(C)c1cc([C@H]2CCCN2c2ccncn2)ccn1. The normalized spacial score (nSPS) is 18.3. The Morgan fingerprint density at radius 1 is 1.20 bits per heavy atom. The van der Waals surface area contributed by atoms with Crippen molar-refractivity contribution in [1.82, 2.24) is 15.0 Å².